The molecule has 0 aliphatic carbocycles. The van der Waals surface area contributed by atoms with Crippen LogP contribution in [0.1, 0.15) is 233 Å². The first-order valence-corrected chi connectivity index (χ1v) is 24.6. The van der Waals surface area contributed by atoms with Gasteiger partial charge >= 0.3 is 5.97 Å². The minimum absolute atomic E-state index is 0.297. The maximum atomic E-state index is 11.6. The van der Waals surface area contributed by atoms with Crippen molar-refractivity contribution in [2.45, 2.75) is 251 Å². The summed E-state index contributed by atoms with van der Waals surface area (Å²) in [4.78, 5) is 11.6. The van der Waals surface area contributed by atoms with Crippen LogP contribution in [0.25, 0.3) is 0 Å². The minimum Gasteiger partial charge on any atom is -0.463 e. The molecule has 0 unspecified atom stereocenters. The van der Waals surface area contributed by atoms with Crippen molar-refractivity contribution < 1.29 is 14.0 Å². The highest BCUT2D eigenvalue weighted by molar-refractivity contribution is 6.73. The third-order valence-corrected chi connectivity index (χ3v) is 15.3. The van der Waals surface area contributed by atoms with E-state index in [9.17, 15) is 4.79 Å². The first kappa shape index (κ1) is 47.4. The third kappa shape index (κ3) is 33.9. The Morgan fingerprint density at radius 3 is 0.979 bits per heavy atom. The number of carbonyl (C=O) groups excluding carboxylic acids is 1. The molecule has 0 bridgehead atoms. The molecule has 0 spiro atoms. The first-order chi connectivity index (χ1) is 23.6. The van der Waals surface area contributed by atoms with Gasteiger partial charge < -0.3 is 9.16 Å². The molecule has 0 atom stereocenters. The Morgan fingerprint density at radius 2 is 0.708 bits per heavy atom. The number of hydrogen-bond acceptors (Lipinski definition) is 3. The molecule has 0 rings (SSSR count). The Labute approximate surface area is 304 Å². The number of unbranched alkanes of at least 4 members (excludes halogenated alkanes) is 30. The van der Waals surface area contributed by atoms with Crippen LogP contribution in [0.2, 0.25) is 18.1 Å². The Hall–Kier alpha value is -0.613. The zero-order chi connectivity index (χ0) is 35.1. The van der Waals surface area contributed by atoms with Crippen LogP contribution in [0, 0.1) is 0 Å². The van der Waals surface area contributed by atoms with Gasteiger partial charge in [-0.05, 0) is 31.5 Å². The fourth-order valence-electron chi connectivity index (χ4n) is 7.51. The Bertz CT molecular complexity index is 615. The molecule has 0 amide bonds. The smallest absolute Gasteiger partial charge is 0.330 e. The largest absolute Gasteiger partial charge is 0.463 e. The van der Waals surface area contributed by atoms with Crippen molar-refractivity contribution in [3.63, 3.8) is 0 Å². The lowest BCUT2D eigenvalue weighted by atomic mass is 10.0. The number of rotatable bonds is 41. The van der Waals surface area contributed by atoms with Crippen molar-refractivity contribution in [1.82, 2.24) is 0 Å². The molecule has 0 saturated heterocycles. The van der Waals surface area contributed by atoms with Crippen LogP contribution in [0.15, 0.2) is 12.7 Å². The minimum atomic E-state index is -1.81. The molecule has 4 heteroatoms. The molecule has 0 aromatic rings. The van der Waals surface area contributed by atoms with Crippen LogP contribution in [0.5, 0.6) is 0 Å². The normalized spacial score (nSPS) is 11.7. The zero-order valence-electron chi connectivity index (χ0n) is 33.4. The second-order valence-corrected chi connectivity index (χ2v) is 19.4. The first-order valence-electron chi connectivity index (χ1n) is 22.1. The van der Waals surface area contributed by atoms with Crippen molar-refractivity contribution in [1.29, 1.82) is 0 Å². The molecule has 48 heavy (non-hydrogen) atoms. The summed E-state index contributed by atoms with van der Waals surface area (Å²) in [6, 6.07) is 3.70. The standard InChI is InChI=1S/C44H88O3Si/c1-5-9-11-13-15-17-19-21-23-25-27-29-31-33-35-37-41-48(47-8-4,43-39-40-46-44(45)7-3)42-38-36-34-32-30-28-26-24-22-20-18-16-14-12-10-6-2/h7H,3,5-6,8-43H2,1-2,4H3. The number of carbonyl (C=O) groups is 1. The second kappa shape index (κ2) is 39.2. The Morgan fingerprint density at radius 1 is 0.438 bits per heavy atom. The highest BCUT2D eigenvalue weighted by Crippen LogP contribution is 2.30. The van der Waals surface area contributed by atoms with Crippen molar-refractivity contribution >= 4 is 14.3 Å². The molecule has 0 aromatic heterocycles. The fourth-order valence-corrected chi connectivity index (χ4v) is 11.9. The van der Waals surface area contributed by atoms with Gasteiger partial charge in [-0.3, -0.25) is 0 Å². The molecule has 0 radical (unpaired) electrons. The summed E-state index contributed by atoms with van der Waals surface area (Å²) in [6.07, 6.45) is 47.5. The summed E-state index contributed by atoms with van der Waals surface area (Å²) >= 11 is 0. The summed E-state index contributed by atoms with van der Waals surface area (Å²) in [7, 11) is -1.81. The van der Waals surface area contributed by atoms with Crippen molar-refractivity contribution in [3.8, 4) is 0 Å². The van der Waals surface area contributed by atoms with Crippen LogP contribution in [0.4, 0.5) is 0 Å². The molecule has 0 aromatic carbocycles. The van der Waals surface area contributed by atoms with E-state index < -0.39 is 8.32 Å². The molecule has 0 aliphatic heterocycles. The van der Waals surface area contributed by atoms with Crippen LogP contribution in [-0.2, 0) is 14.0 Å². The van der Waals surface area contributed by atoms with Gasteiger partial charge in [0.1, 0.15) is 0 Å². The molecule has 286 valence electrons. The summed E-state index contributed by atoms with van der Waals surface area (Å²) in [5.74, 6) is -0.297. The molecule has 0 aliphatic rings. The van der Waals surface area contributed by atoms with Gasteiger partial charge in [-0.1, -0.05) is 226 Å². The molecular weight excluding hydrogens is 605 g/mol. The van der Waals surface area contributed by atoms with Crippen LogP contribution in [0.3, 0.4) is 0 Å². The molecule has 3 nitrogen and oxygen atoms in total. The summed E-state index contributed by atoms with van der Waals surface area (Å²) in [5, 5.41) is 0. The van der Waals surface area contributed by atoms with Crippen molar-refractivity contribution in [2.75, 3.05) is 13.2 Å². The van der Waals surface area contributed by atoms with E-state index in [2.05, 4.69) is 27.4 Å². The lowest BCUT2D eigenvalue weighted by Gasteiger charge is -2.31. The van der Waals surface area contributed by atoms with Crippen LogP contribution in [-0.4, -0.2) is 27.5 Å². The molecule has 0 fully saturated rings. The van der Waals surface area contributed by atoms with Crippen LogP contribution < -0.4 is 0 Å². The number of hydrogen-bond donors (Lipinski definition) is 0. The highest BCUT2D eigenvalue weighted by atomic mass is 28.4. The maximum Gasteiger partial charge on any atom is 0.330 e. The maximum absolute atomic E-state index is 11.6. The zero-order valence-corrected chi connectivity index (χ0v) is 34.4. The fraction of sp³-hybridized carbons (Fsp3) is 0.932. The van der Waals surface area contributed by atoms with Crippen molar-refractivity contribution in [3.05, 3.63) is 12.7 Å². The highest BCUT2D eigenvalue weighted by Gasteiger charge is 2.33. The van der Waals surface area contributed by atoms with E-state index in [1.165, 1.54) is 224 Å². The molecule has 0 heterocycles. The lowest BCUT2D eigenvalue weighted by molar-refractivity contribution is -0.137. The van der Waals surface area contributed by atoms with E-state index in [1.807, 2.05) is 0 Å². The topological polar surface area (TPSA) is 35.5 Å². The van der Waals surface area contributed by atoms with E-state index in [0.717, 1.165) is 19.1 Å². The van der Waals surface area contributed by atoms with Gasteiger partial charge in [0.2, 0.25) is 0 Å². The average molecular weight is 693 g/mol. The van der Waals surface area contributed by atoms with E-state index in [-0.39, 0.29) is 5.97 Å². The summed E-state index contributed by atoms with van der Waals surface area (Å²) in [6.45, 7) is 11.7. The van der Waals surface area contributed by atoms with E-state index >= 15 is 0 Å². The monoisotopic (exact) mass is 693 g/mol. The van der Waals surface area contributed by atoms with E-state index in [1.54, 1.807) is 0 Å². The third-order valence-electron chi connectivity index (χ3n) is 10.6. The SMILES string of the molecule is C=CC(=O)OCCC[Si](CCCCCCCCCCCCCCCCCC)(CCCCCCCCCCCCCCCCCC)OCC. The molecule has 0 N–H and O–H groups in total. The van der Waals surface area contributed by atoms with Gasteiger partial charge in [-0.25, -0.2) is 4.79 Å². The van der Waals surface area contributed by atoms with Gasteiger partial charge in [0.15, 0.2) is 8.32 Å². The lowest BCUT2D eigenvalue weighted by Crippen LogP contribution is -2.38. The van der Waals surface area contributed by atoms with Crippen molar-refractivity contribution in [2.24, 2.45) is 0 Å². The number of esters is 1. The summed E-state index contributed by atoms with van der Waals surface area (Å²) < 4.78 is 12.0. The van der Waals surface area contributed by atoms with Gasteiger partial charge in [0, 0.05) is 12.7 Å². The summed E-state index contributed by atoms with van der Waals surface area (Å²) in [5.41, 5.74) is 0. The van der Waals surface area contributed by atoms with Gasteiger partial charge in [-0.2, -0.15) is 0 Å². The second-order valence-electron chi connectivity index (χ2n) is 15.2. The van der Waals surface area contributed by atoms with Gasteiger partial charge in [-0.15, -0.1) is 0 Å². The Balaban J connectivity index is 4.14. The van der Waals surface area contributed by atoms with Gasteiger partial charge in [0.05, 0.1) is 6.61 Å². The number of ether oxygens (including phenoxy) is 1. The van der Waals surface area contributed by atoms with Crippen LogP contribution >= 0.6 is 0 Å². The predicted molar refractivity (Wildman–Crippen MR) is 217 cm³/mol. The van der Waals surface area contributed by atoms with E-state index in [0.29, 0.717) is 6.61 Å². The Kier molecular flexibility index (Phi) is 38.7. The van der Waals surface area contributed by atoms with Gasteiger partial charge in [0.25, 0.3) is 0 Å². The van der Waals surface area contributed by atoms with E-state index in [4.69, 9.17) is 9.16 Å². The quantitative estimate of drug-likeness (QED) is 0.0277. The molecule has 0 saturated carbocycles. The average Bonchev–Trinajstić information content (AvgIpc) is 3.09. The molecular formula is C44H88O3Si. The predicted octanol–water partition coefficient (Wildman–Crippen LogP) is 15.6.